The monoisotopic (exact) mass is 425 g/mol. The number of rotatable bonds is 8. The van der Waals surface area contributed by atoms with Crippen LogP contribution in [0.1, 0.15) is 15.9 Å². The molecule has 0 atom stereocenters. The number of methoxy groups -OCH3 is 1. The maximum Gasteiger partial charge on any atom is 0.251 e. The molecule has 6 heteroatoms. The van der Waals surface area contributed by atoms with Crippen molar-refractivity contribution in [2.24, 2.45) is 0 Å². The van der Waals surface area contributed by atoms with Gasteiger partial charge in [0.15, 0.2) is 11.5 Å². The van der Waals surface area contributed by atoms with Crippen LogP contribution in [-0.2, 0) is 6.42 Å². The van der Waals surface area contributed by atoms with E-state index in [4.69, 9.17) is 9.47 Å². The molecule has 0 saturated heterocycles. The molecule has 6 nitrogen and oxygen atoms in total. The van der Waals surface area contributed by atoms with Gasteiger partial charge in [-0.25, -0.2) is 9.97 Å². The maximum absolute atomic E-state index is 12.6. The van der Waals surface area contributed by atoms with Gasteiger partial charge in [0.25, 0.3) is 5.91 Å². The Morgan fingerprint density at radius 1 is 0.875 bits per heavy atom. The summed E-state index contributed by atoms with van der Waals surface area (Å²) >= 11 is 0. The van der Waals surface area contributed by atoms with Gasteiger partial charge in [-0.2, -0.15) is 0 Å². The van der Waals surface area contributed by atoms with E-state index >= 15 is 0 Å². The van der Waals surface area contributed by atoms with Crippen LogP contribution in [0.3, 0.4) is 0 Å². The van der Waals surface area contributed by atoms with Crippen LogP contribution in [0.4, 0.5) is 0 Å². The lowest BCUT2D eigenvalue weighted by molar-refractivity contribution is 0.0954. The number of ether oxygens (including phenoxy) is 2. The lowest BCUT2D eigenvalue weighted by atomic mass is 10.1. The summed E-state index contributed by atoms with van der Waals surface area (Å²) in [6.45, 7) is 0.567. The highest BCUT2D eigenvalue weighted by atomic mass is 16.5. The van der Waals surface area contributed by atoms with Gasteiger partial charge in [0.05, 0.1) is 12.8 Å². The predicted molar refractivity (Wildman–Crippen MR) is 123 cm³/mol. The van der Waals surface area contributed by atoms with Gasteiger partial charge in [0.2, 0.25) is 5.88 Å². The van der Waals surface area contributed by atoms with Crippen LogP contribution >= 0.6 is 0 Å². The highest BCUT2D eigenvalue weighted by Crippen LogP contribution is 2.31. The van der Waals surface area contributed by atoms with Gasteiger partial charge >= 0.3 is 0 Å². The first-order valence-corrected chi connectivity index (χ1v) is 10.3. The van der Waals surface area contributed by atoms with Crippen molar-refractivity contribution < 1.29 is 14.3 Å². The number of hydrogen-bond acceptors (Lipinski definition) is 5. The third-order valence-corrected chi connectivity index (χ3v) is 4.89. The molecule has 4 rings (SSSR count). The first kappa shape index (κ1) is 21.1. The largest absolute Gasteiger partial charge is 0.493 e. The highest BCUT2D eigenvalue weighted by molar-refractivity contribution is 5.95. The Hall–Kier alpha value is -4.19. The number of aromatic nitrogens is 2. The third-order valence-electron chi connectivity index (χ3n) is 4.89. The van der Waals surface area contributed by atoms with Gasteiger partial charge in [-0.3, -0.25) is 4.79 Å². The van der Waals surface area contributed by atoms with Gasteiger partial charge in [-0.1, -0.05) is 54.6 Å². The molecule has 0 fully saturated rings. The summed E-state index contributed by atoms with van der Waals surface area (Å²) in [5, 5.41) is 2.97. The number of hydrogen-bond donors (Lipinski definition) is 1. The summed E-state index contributed by atoms with van der Waals surface area (Å²) < 4.78 is 11.2. The summed E-state index contributed by atoms with van der Waals surface area (Å²) in [6, 6.07) is 26.5. The molecule has 1 aromatic heterocycles. The van der Waals surface area contributed by atoms with Crippen LogP contribution in [-0.4, -0.2) is 29.5 Å². The predicted octanol–water partition coefficient (Wildman–Crippen LogP) is 4.92. The molecule has 1 N–H and O–H groups in total. The Kier molecular flexibility index (Phi) is 6.72. The molecular weight excluding hydrogens is 402 g/mol. The second-order valence-electron chi connectivity index (χ2n) is 7.07. The third kappa shape index (κ3) is 5.29. The zero-order chi connectivity index (χ0) is 22.2. The zero-order valence-electron chi connectivity index (χ0n) is 17.7. The van der Waals surface area contributed by atoms with Crippen molar-refractivity contribution in [1.82, 2.24) is 15.3 Å². The van der Waals surface area contributed by atoms with E-state index in [0.29, 0.717) is 35.2 Å². The number of carbonyl (C=O) groups is 1. The van der Waals surface area contributed by atoms with Gasteiger partial charge in [0, 0.05) is 23.7 Å². The molecule has 1 amide bonds. The van der Waals surface area contributed by atoms with Crippen LogP contribution in [0.5, 0.6) is 17.4 Å². The van der Waals surface area contributed by atoms with Gasteiger partial charge in [-0.05, 0) is 36.2 Å². The van der Waals surface area contributed by atoms with Gasteiger partial charge < -0.3 is 14.8 Å². The van der Waals surface area contributed by atoms with Crippen molar-refractivity contribution in [2.75, 3.05) is 13.7 Å². The van der Waals surface area contributed by atoms with Gasteiger partial charge in [-0.15, -0.1) is 0 Å². The Morgan fingerprint density at radius 3 is 2.47 bits per heavy atom. The van der Waals surface area contributed by atoms with E-state index in [-0.39, 0.29) is 5.91 Å². The number of carbonyl (C=O) groups excluding carboxylic acids is 1. The minimum atomic E-state index is -0.123. The molecular formula is C26H23N3O3. The standard InChI is InChI=1S/C26H23N3O3/c1-31-23-12-5-6-13-24(23)32-25-17-22(28-18-29-25)20-10-7-11-21(16-20)26(30)27-15-14-19-8-3-2-4-9-19/h2-13,16-18H,14-15H2,1H3,(H,27,30). The average Bonchev–Trinajstić information content (AvgIpc) is 2.85. The topological polar surface area (TPSA) is 73.3 Å². The lowest BCUT2D eigenvalue weighted by Crippen LogP contribution is -2.25. The van der Waals surface area contributed by atoms with E-state index in [1.807, 2.05) is 66.7 Å². The number of nitrogens with one attached hydrogen (secondary N) is 1. The molecule has 1 heterocycles. The summed E-state index contributed by atoms with van der Waals surface area (Å²) in [7, 11) is 1.59. The second kappa shape index (κ2) is 10.2. The van der Waals surface area contributed by atoms with E-state index in [0.717, 1.165) is 12.0 Å². The number of benzene rings is 3. The fraction of sp³-hybridized carbons (Fsp3) is 0.115. The van der Waals surface area contributed by atoms with Crippen LogP contribution in [0, 0.1) is 0 Å². The van der Waals surface area contributed by atoms with E-state index in [1.165, 1.54) is 11.9 Å². The fourth-order valence-electron chi connectivity index (χ4n) is 3.26. The molecule has 0 aliphatic rings. The van der Waals surface area contributed by atoms with E-state index in [1.54, 1.807) is 25.3 Å². The van der Waals surface area contributed by atoms with Crippen molar-refractivity contribution >= 4 is 5.91 Å². The SMILES string of the molecule is COc1ccccc1Oc1cc(-c2cccc(C(=O)NCCc3ccccc3)c2)ncn1. The minimum absolute atomic E-state index is 0.123. The smallest absolute Gasteiger partial charge is 0.251 e. The highest BCUT2D eigenvalue weighted by Gasteiger charge is 2.10. The van der Waals surface area contributed by atoms with Crippen LogP contribution in [0.25, 0.3) is 11.3 Å². The Labute approximate surface area is 186 Å². The molecule has 0 spiro atoms. The van der Waals surface area contributed by atoms with Gasteiger partial charge in [0.1, 0.15) is 6.33 Å². The normalized spacial score (nSPS) is 10.4. The molecule has 0 aliphatic carbocycles. The molecule has 0 unspecified atom stereocenters. The molecule has 0 aliphatic heterocycles. The van der Waals surface area contributed by atoms with Crippen molar-refractivity contribution in [1.29, 1.82) is 0 Å². The molecule has 32 heavy (non-hydrogen) atoms. The first-order valence-electron chi connectivity index (χ1n) is 10.3. The fourth-order valence-corrected chi connectivity index (χ4v) is 3.26. The minimum Gasteiger partial charge on any atom is -0.493 e. The summed E-state index contributed by atoms with van der Waals surface area (Å²) in [5.74, 6) is 1.44. The molecule has 160 valence electrons. The molecule has 4 aromatic rings. The quantitative estimate of drug-likeness (QED) is 0.434. The number of nitrogens with zero attached hydrogens (tertiary/aromatic N) is 2. The Morgan fingerprint density at radius 2 is 1.66 bits per heavy atom. The number of amides is 1. The van der Waals surface area contributed by atoms with E-state index in [9.17, 15) is 4.79 Å². The zero-order valence-corrected chi connectivity index (χ0v) is 17.7. The summed E-state index contributed by atoms with van der Waals surface area (Å²) in [6.07, 6.45) is 2.22. The lowest BCUT2D eigenvalue weighted by Gasteiger charge is -2.10. The second-order valence-corrected chi connectivity index (χ2v) is 7.07. The summed E-state index contributed by atoms with van der Waals surface area (Å²) in [4.78, 5) is 21.2. The maximum atomic E-state index is 12.6. The van der Waals surface area contributed by atoms with Crippen molar-refractivity contribution in [3.63, 3.8) is 0 Å². The summed E-state index contributed by atoms with van der Waals surface area (Å²) in [5.41, 5.74) is 3.21. The Balaban J connectivity index is 1.45. The number of para-hydroxylation sites is 2. The Bertz CT molecular complexity index is 1200. The van der Waals surface area contributed by atoms with Crippen LogP contribution in [0.15, 0.2) is 91.3 Å². The van der Waals surface area contributed by atoms with Crippen LogP contribution in [0.2, 0.25) is 0 Å². The van der Waals surface area contributed by atoms with E-state index < -0.39 is 0 Å². The van der Waals surface area contributed by atoms with Crippen molar-refractivity contribution in [3.05, 3.63) is 102 Å². The van der Waals surface area contributed by atoms with Crippen molar-refractivity contribution in [2.45, 2.75) is 6.42 Å². The average molecular weight is 425 g/mol. The molecule has 3 aromatic carbocycles. The first-order chi connectivity index (χ1) is 15.7. The molecule has 0 bridgehead atoms. The van der Waals surface area contributed by atoms with Crippen molar-refractivity contribution in [3.8, 4) is 28.6 Å². The molecule has 0 radical (unpaired) electrons. The molecule has 0 saturated carbocycles. The van der Waals surface area contributed by atoms with E-state index in [2.05, 4.69) is 15.3 Å². The van der Waals surface area contributed by atoms with Crippen LogP contribution < -0.4 is 14.8 Å².